The Morgan fingerprint density at radius 3 is 2.51 bits per heavy atom. The first-order valence-electron chi connectivity index (χ1n) is 11.8. The lowest BCUT2D eigenvalue weighted by Gasteiger charge is -2.21. The van der Waals surface area contributed by atoms with Crippen molar-refractivity contribution in [1.29, 1.82) is 0 Å². The Labute approximate surface area is 212 Å². The number of methoxy groups -OCH3 is 1. The fourth-order valence-electron chi connectivity index (χ4n) is 4.30. The van der Waals surface area contributed by atoms with Crippen LogP contribution in [0.15, 0.2) is 71.4 Å². The van der Waals surface area contributed by atoms with Gasteiger partial charge in [-0.25, -0.2) is 9.78 Å². The van der Waals surface area contributed by atoms with E-state index in [0.717, 1.165) is 24.9 Å². The lowest BCUT2D eigenvalue weighted by Crippen LogP contribution is -2.23. The second kappa shape index (κ2) is 10.6. The lowest BCUT2D eigenvalue weighted by atomic mass is 10.1. The number of hydrogen-bond acceptors (Lipinski definition) is 8. The quantitative estimate of drug-likeness (QED) is 0.361. The van der Waals surface area contributed by atoms with E-state index in [4.69, 9.17) is 14.4 Å². The number of hydrogen-bond donors (Lipinski definition) is 2. The van der Waals surface area contributed by atoms with Gasteiger partial charge in [-0.2, -0.15) is 4.98 Å². The van der Waals surface area contributed by atoms with Gasteiger partial charge in [-0.15, -0.1) is 0 Å². The van der Waals surface area contributed by atoms with Gasteiger partial charge in [0, 0.05) is 23.9 Å². The summed E-state index contributed by atoms with van der Waals surface area (Å²) in [5, 5.41) is 16.0. The highest BCUT2D eigenvalue weighted by Gasteiger charge is 2.31. The van der Waals surface area contributed by atoms with Crippen LogP contribution in [-0.2, 0) is 6.54 Å². The van der Waals surface area contributed by atoms with Crippen molar-refractivity contribution in [2.45, 2.75) is 25.4 Å². The highest BCUT2D eigenvalue weighted by Crippen LogP contribution is 2.33. The number of anilines is 1. The Hall–Kier alpha value is -4.57. The molecule has 10 heteroatoms. The zero-order valence-corrected chi connectivity index (χ0v) is 20.1. The molecular formula is C27H25N5O5. The predicted molar refractivity (Wildman–Crippen MR) is 134 cm³/mol. The molecule has 10 nitrogen and oxygen atoms in total. The largest absolute Gasteiger partial charge is 0.497 e. The van der Waals surface area contributed by atoms with Crippen molar-refractivity contribution in [3.63, 3.8) is 0 Å². The number of ether oxygens (including phenoxy) is 1. The molecule has 0 radical (unpaired) electrons. The molecule has 188 valence electrons. The number of amides is 1. The van der Waals surface area contributed by atoms with Crippen molar-refractivity contribution in [3.05, 3.63) is 89.4 Å². The van der Waals surface area contributed by atoms with Gasteiger partial charge in [0.2, 0.25) is 11.7 Å². The van der Waals surface area contributed by atoms with Gasteiger partial charge in [-0.05, 0) is 73.5 Å². The normalized spacial score (nSPS) is 15.4. The molecule has 1 amide bonds. The predicted octanol–water partition coefficient (Wildman–Crippen LogP) is 4.43. The standard InChI is InChI=1S/C27H25N5O5/c1-36-21-11-8-18(9-12-21)25(33)29-23-13-10-20(15-28-23)24-30-26(37-31-24)22-3-2-14-32(22)16-17-4-6-19(7-5-17)27(34)35/h4-13,15,22H,2-3,14,16H2,1H3,(H,34,35)(H,28,29,33)/t22-/m0/s1. The minimum atomic E-state index is -0.939. The summed E-state index contributed by atoms with van der Waals surface area (Å²) in [5.74, 6) is 0.826. The number of carboxylic acids is 1. The van der Waals surface area contributed by atoms with E-state index in [1.54, 1.807) is 61.8 Å². The van der Waals surface area contributed by atoms with Crippen LogP contribution in [0.4, 0.5) is 5.82 Å². The van der Waals surface area contributed by atoms with Crippen LogP contribution >= 0.6 is 0 Å². The third-order valence-corrected chi connectivity index (χ3v) is 6.29. The summed E-state index contributed by atoms with van der Waals surface area (Å²) < 4.78 is 10.7. The van der Waals surface area contributed by atoms with Crippen molar-refractivity contribution in [3.8, 4) is 17.1 Å². The molecule has 1 aliphatic heterocycles. The zero-order chi connectivity index (χ0) is 25.8. The third kappa shape index (κ3) is 5.49. The number of carboxylic acid groups (broad SMARTS) is 1. The Morgan fingerprint density at radius 2 is 1.84 bits per heavy atom. The molecule has 3 heterocycles. The molecular weight excluding hydrogens is 474 g/mol. The zero-order valence-electron chi connectivity index (χ0n) is 20.1. The van der Waals surface area contributed by atoms with Crippen molar-refractivity contribution in [2.75, 3.05) is 19.0 Å². The molecule has 0 spiro atoms. The molecule has 2 aromatic carbocycles. The van der Waals surface area contributed by atoms with Crippen LogP contribution in [0.5, 0.6) is 5.75 Å². The molecule has 0 bridgehead atoms. The van der Waals surface area contributed by atoms with Crippen LogP contribution in [0, 0.1) is 0 Å². The summed E-state index contributed by atoms with van der Waals surface area (Å²) in [5.41, 5.74) is 2.45. The fraction of sp³-hybridized carbons (Fsp3) is 0.222. The summed E-state index contributed by atoms with van der Waals surface area (Å²) in [6.07, 6.45) is 3.48. The summed E-state index contributed by atoms with van der Waals surface area (Å²) in [6, 6.07) is 17.2. The van der Waals surface area contributed by atoms with Crippen LogP contribution in [-0.4, -0.2) is 50.7 Å². The number of aromatic carboxylic acids is 1. The molecule has 1 atom stereocenters. The first-order valence-corrected chi connectivity index (χ1v) is 11.8. The van der Waals surface area contributed by atoms with E-state index in [1.807, 2.05) is 12.1 Å². The van der Waals surface area contributed by atoms with Crippen molar-refractivity contribution in [1.82, 2.24) is 20.0 Å². The summed E-state index contributed by atoms with van der Waals surface area (Å²) in [7, 11) is 1.57. The summed E-state index contributed by atoms with van der Waals surface area (Å²) in [4.78, 5) is 34.7. The van der Waals surface area contributed by atoms with E-state index in [-0.39, 0.29) is 17.5 Å². The fourth-order valence-corrected chi connectivity index (χ4v) is 4.30. The maximum atomic E-state index is 12.5. The van der Waals surface area contributed by atoms with Crippen LogP contribution in [0.3, 0.4) is 0 Å². The van der Waals surface area contributed by atoms with E-state index >= 15 is 0 Å². The van der Waals surface area contributed by atoms with Gasteiger partial charge in [-0.3, -0.25) is 9.69 Å². The van der Waals surface area contributed by atoms with Gasteiger partial charge < -0.3 is 19.7 Å². The van der Waals surface area contributed by atoms with E-state index in [1.165, 1.54) is 0 Å². The number of carbonyl (C=O) groups excluding carboxylic acids is 1. The number of nitrogens with one attached hydrogen (secondary N) is 1. The average Bonchev–Trinajstić information content (AvgIpc) is 3.59. The first kappa shape index (κ1) is 24.1. The topological polar surface area (TPSA) is 131 Å². The number of carbonyl (C=O) groups is 2. The van der Waals surface area contributed by atoms with Crippen LogP contribution < -0.4 is 10.1 Å². The molecule has 4 aromatic rings. The second-order valence-electron chi connectivity index (χ2n) is 8.70. The Balaban J connectivity index is 1.23. The molecule has 5 rings (SSSR count). The molecule has 0 unspecified atom stereocenters. The van der Waals surface area contributed by atoms with E-state index in [0.29, 0.717) is 41.0 Å². The number of likely N-dealkylation sites (tertiary alicyclic amines) is 1. The second-order valence-corrected chi connectivity index (χ2v) is 8.70. The number of nitrogens with zero attached hydrogens (tertiary/aromatic N) is 4. The number of benzene rings is 2. The summed E-state index contributed by atoms with van der Waals surface area (Å²) >= 11 is 0. The highest BCUT2D eigenvalue weighted by atomic mass is 16.5. The monoisotopic (exact) mass is 499 g/mol. The molecule has 2 aromatic heterocycles. The van der Waals surface area contributed by atoms with Gasteiger partial charge in [-0.1, -0.05) is 17.3 Å². The molecule has 1 fully saturated rings. The van der Waals surface area contributed by atoms with Gasteiger partial charge in [0.1, 0.15) is 11.6 Å². The summed E-state index contributed by atoms with van der Waals surface area (Å²) in [6.45, 7) is 1.54. The third-order valence-electron chi connectivity index (χ3n) is 6.29. The Bertz CT molecular complexity index is 1380. The average molecular weight is 500 g/mol. The van der Waals surface area contributed by atoms with E-state index in [9.17, 15) is 9.59 Å². The molecule has 1 aliphatic rings. The minimum absolute atomic E-state index is 0.0172. The van der Waals surface area contributed by atoms with Crippen LogP contribution in [0.1, 0.15) is 51.1 Å². The smallest absolute Gasteiger partial charge is 0.335 e. The first-order chi connectivity index (χ1) is 18.0. The maximum Gasteiger partial charge on any atom is 0.335 e. The van der Waals surface area contributed by atoms with Gasteiger partial charge >= 0.3 is 5.97 Å². The van der Waals surface area contributed by atoms with Crippen LogP contribution in [0.25, 0.3) is 11.4 Å². The number of aromatic nitrogens is 3. The van der Waals surface area contributed by atoms with Gasteiger partial charge in [0.15, 0.2) is 0 Å². The van der Waals surface area contributed by atoms with Crippen LogP contribution in [0.2, 0.25) is 0 Å². The van der Waals surface area contributed by atoms with Crippen molar-refractivity contribution < 1.29 is 24.0 Å². The molecule has 0 saturated carbocycles. The Morgan fingerprint density at radius 1 is 1.08 bits per heavy atom. The lowest BCUT2D eigenvalue weighted by molar-refractivity contribution is 0.0696. The van der Waals surface area contributed by atoms with Gasteiger partial charge in [0.25, 0.3) is 5.91 Å². The van der Waals surface area contributed by atoms with Gasteiger partial charge in [0.05, 0.1) is 18.7 Å². The van der Waals surface area contributed by atoms with E-state index in [2.05, 4.69) is 25.3 Å². The highest BCUT2D eigenvalue weighted by molar-refractivity contribution is 6.03. The van der Waals surface area contributed by atoms with E-state index < -0.39 is 5.97 Å². The van der Waals surface area contributed by atoms with Crippen molar-refractivity contribution >= 4 is 17.7 Å². The SMILES string of the molecule is COc1ccc(C(=O)Nc2ccc(-c3noc([C@@H]4CCCN4Cc4ccc(C(=O)O)cc4)n3)cn2)cc1. The number of pyridine rings is 1. The number of rotatable bonds is 8. The maximum absolute atomic E-state index is 12.5. The molecule has 2 N–H and O–H groups in total. The Kier molecular flexibility index (Phi) is 6.91. The molecule has 0 aliphatic carbocycles. The van der Waals surface area contributed by atoms with Crippen molar-refractivity contribution in [2.24, 2.45) is 0 Å². The molecule has 37 heavy (non-hydrogen) atoms. The molecule has 1 saturated heterocycles. The minimum Gasteiger partial charge on any atom is -0.497 e.